The number of benzene rings is 2. The Kier molecular flexibility index (Phi) is 3.60. The molecule has 0 heterocycles. The fraction of sp³-hybridized carbons (Fsp3) is 0.200. The molecule has 81 valence electrons. The summed E-state index contributed by atoms with van der Waals surface area (Å²) in [6.07, 6.45) is 0.949. The van der Waals surface area contributed by atoms with E-state index < -0.39 is 0 Å². The van der Waals surface area contributed by atoms with Crippen molar-refractivity contribution >= 4 is 0 Å². The van der Waals surface area contributed by atoms with Gasteiger partial charge in [0.25, 0.3) is 0 Å². The first-order valence-electron chi connectivity index (χ1n) is 5.56. The highest BCUT2D eigenvalue weighted by molar-refractivity contribution is 5.32. The van der Waals surface area contributed by atoms with Crippen LogP contribution in [0.5, 0.6) is 5.75 Å². The van der Waals surface area contributed by atoms with E-state index in [4.69, 9.17) is 4.74 Å². The Bertz CT molecular complexity index is 434. The molecule has 1 nitrogen and oxygen atoms in total. The third kappa shape index (κ3) is 2.63. The average Bonchev–Trinajstić information content (AvgIpc) is 2.38. The molecule has 0 bridgehead atoms. The molecule has 0 aliphatic rings. The van der Waals surface area contributed by atoms with Crippen LogP contribution < -0.4 is 4.74 Å². The first kappa shape index (κ1) is 10.7. The minimum absolute atomic E-state index is 0.617. The van der Waals surface area contributed by atoms with Gasteiger partial charge in [-0.25, -0.2) is 0 Å². The van der Waals surface area contributed by atoms with E-state index in [0.717, 1.165) is 17.7 Å². The predicted octanol–water partition coefficient (Wildman–Crippen LogP) is 3.63. The van der Waals surface area contributed by atoms with Crippen LogP contribution in [-0.2, 0) is 13.0 Å². The zero-order valence-corrected chi connectivity index (χ0v) is 9.44. The lowest BCUT2D eigenvalue weighted by Crippen LogP contribution is -1.97. The van der Waals surface area contributed by atoms with Crippen LogP contribution in [0.15, 0.2) is 48.5 Å². The van der Waals surface area contributed by atoms with E-state index in [-0.39, 0.29) is 0 Å². The van der Waals surface area contributed by atoms with Crippen molar-refractivity contribution in [1.29, 1.82) is 0 Å². The van der Waals surface area contributed by atoms with Crippen molar-refractivity contribution in [3.63, 3.8) is 0 Å². The smallest absolute Gasteiger partial charge is 0.123 e. The van der Waals surface area contributed by atoms with Crippen molar-refractivity contribution in [3.8, 4) is 5.75 Å². The summed E-state index contributed by atoms with van der Waals surface area (Å²) in [4.78, 5) is 0. The molecule has 0 saturated heterocycles. The Labute approximate surface area is 96.7 Å². The van der Waals surface area contributed by atoms with Crippen molar-refractivity contribution in [3.05, 3.63) is 65.7 Å². The second-order valence-electron chi connectivity index (χ2n) is 3.64. The van der Waals surface area contributed by atoms with Crippen molar-refractivity contribution in [2.75, 3.05) is 0 Å². The summed E-state index contributed by atoms with van der Waals surface area (Å²) in [6, 6.07) is 19.3. The van der Waals surface area contributed by atoms with Gasteiger partial charge in [0.15, 0.2) is 0 Å². The number of aryl methyl sites for hydroxylation is 1. The fourth-order valence-electron chi connectivity index (χ4n) is 1.60. The van der Waals surface area contributed by atoms with Gasteiger partial charge in [-0.2, -0.15) is 0 Å². The SMILES string of the molecule is CCc1[c]cccc1OCc1ccccc1. The molecule has 0 atom stereocenters. The first-order chi connectivity index (χ1) is 7.90. The highest BCUT2D eigenvalue weighted by atomic mass is 16.5. The number of ether oxygens (including phenoxy) is 1. The Morgan fingerprint density at radius 3 is 2.62 bits per heavy atom. The highest BCUT2D eigenvalue weighted by Gasteiger charge is 2.00. The molecule has 16 heavy (non-hydrogen) atoms. The summed E-state index contributed by atoms with van der Waals surface area (Å²) in [5.74, 6) is 0.939. The van der Waals surface area contributed by atoms with Gasteiger partial charge in [-0.1, -0.05) is 49.4 Å². The van der Waals surface area contributed by atoms with E-state index in [9.17, 15) is 0 Å². The normalized spacial score (nSPS) is 10.1. The van der Waals surface area contributed by atoms with Crippen LogP contribution in [-0.4, -0.2) is 0 Å². The predicted molar refractivity (Wildman–Crippen MR) is 65.4 cm³/mol. The van der Waals surface area contributed by atoms with Gasteiger partial charge in [-0.05, 0) is 24.1 Å². The molecular formula is C15H15O. The quantitative estimate of drug-likeness (QED) is 0.750. The summed E-state index contributed by atoms with van der Waals surface area (Å²) in [6.45, 7) is 2.73. The first-order valence-corrected chi connectivity index (χ1v) is 5.56. The topological polar surface area (TPSA) is 9.23 Å². The minimum atomic E-state index is 0.617. The van der Waals surface area contributed by atoms with Crippen LogP contribution in [0.1, 0.15) is 18.1 Å². The van der Waals surface area contributed by atoms with Crippen molar-refractivity contribution in [1.82, 2.24) is 0 Å². The van der Waals surface area contributed by atoms with Crippen LogP contribution in [0.25, 0.3) is 0 Å². The van der Waals surface area contributed by atoms with Gasteiger partial charge < -0.3 is 4.74 Å². The Balaban J connectivity index is 2.05. The molecule has 0 fully saturated rings. The number of rotatable bonds is 4. The Morgan fingerprint density at radius 1 is 1.06 bits per heavy atom. The van der Waals surface area contributed by atoms with Crippen LogP contribution in [0, 0.1) is 6.07 Å². The molecule has 2 rings (SSSR count). The van der Waals surface area contributed by atoms with Crippen LogP contribution in [0.3, 0.4) is 0 Å². The maximum atomic E-state index is 5.78. The molecule has 0 N–H and O–H groups in total. The molecule has 0 amide bonds. The fourth-order valence-corrected chi connectivity index (χ4v) is 1.60. The van der Waals surface area contributed by atoms with Gasteiger partial charge in [0.1, 0.15) is 12.4 Å². The summed E-state index contributed by atoms with van der Waals surface area (Å²) in [5.41, 5.74) is 2.33. The molecule has 0 saturated carbocycles. The van der Waals surface area contributed by atoms with E-state index in [1.165, 1.54) is 5.56 Å². The van der Waals surface area contributed by atoms with Crippen molar-refractivity contribution in [2.45, 2.75) is 20.0 Å². The molecule has 0 aromatic heterocycles. The second-order valence-corrected chi connectivity index (χ2v) is 3.64. The monoisotopic (exact) mass is 211 g/mol. The van der Waals surface area contributed by atoms with E-state index in [1.807, 2.05) is 36.4 Å². The van der Waals surface area contributed by atoms with E-state index in [0.29, 0.717) is 6.61 Å². The summed E-state index contributed by atoms with van der Waals surface area (Å²) in [5, 5.41) is 0. The minimum Gasteiger partial charge on any atom is -0.489 e. The third-order valence-electron chi connectivity index (χ3n) is 2.49. The largest absolute Gasteiger partial charge is 0.489 e. The standard InChI is InChI=1S/C15H15O/c1-2-14-10-6-7-11-15(14)16-12-13-8-4-3-5-9-13/h3-9,11H,2,12H2,1H3. The van der Waals surface area contributed by atoms with Crippen LogP contribution in [0.4, 0.5) is 0 Å². The Morgan fingerprint density at radius 2 is 1.88 bits per heavy atom. The van der Waals surface area contributed by atoms with Crippen molar-refractivity contribution in [2.24, 2.45) is 0 Å². The third-order valence-corrected chi connectivity index (χ3v) is 2.49. The van der Waals surface area contributed by atoms with Gasteiger partial charge in [0.05, 0.1) is 0 Å². The van der Waals surface area contributed by atoms with Crippen LogP contribution >= 0.6 is 0 Å². The average molecular weight is 211 g/mol. The zero-order valence-electron chi connectivity index (χ0n) is 9.44. The lowest BCUT2D eigenvalue weighted by molar-refractivity contribution is 0.303. The van der Waals surface area contributed by atoms with Crippen molar-refractivity contribution < 1.29 is 4.74 Å². The zero-order chi connectivity index (χ0) is 11.2. The lowest BCUT2D eigenvalue weighted by Gasteiger charge is -2.09. The van der Waals surface area contributed by atoms with Gasteiger partial charge in [0.2, 0.25) is 0 Å². The molecule has 0 aliphatic heterocycles. The van der Waals surface area contributed by atoms with Gasteiger partial charge in [-0.3, -0.25) is 0 Å². The van der Waals surface area contributed by atoms with Gasteiger partial charge >= 0.3 is 0 Å². The van der Waals surface area contributed by atoms with Gasteiger partial charge in [0, 0.05) is 5.56 Å². The number of hydrogen-bond acceptors (Lipinski definition) is 1. The molecule has 0 unspecified atom stereocenters. The van der Waals surface area contributed by atoms with E-state index in [1.54, 1.807) is 0 Å². The summed E-state index contributed by atoms with van der Waals surface area (Å²) < 4.78 is 5.78. The highest BCUT2D eigenvalue weighted by Crippen LogP contribution is 2.19. The molecule has 1 radical (unpaired) electrons. The van der Waals surface area contributed by atoms with E-state index in [2.05, 4.69) is 25.1 Å². The van der Waals surface area contributed by atoms with Gasteiger partial charge in [-0.15, -0.1) is 0 Å². The molecule has 2 aromatic rings. The maximum absolute atomic E-state index is 5.78. The second kappa shape index (κ2) is 5.36. The number of hydrogen-bond donors (Lipinski definition) is 0. The summed E-state index contributed by atoms with van der Waals surface area (Å²) in [7, 11) is 0. The maximum Gasteiger partial charge on any atom is 0.123 e. The molecule has 0 aliphatic carbocycles. The molecule has 1 heteroatoms. The van der Waals surface area contributed by atoms with E-state index >= 15 is 0 Å². The summed E-state index contributed by atoms with van der Waals surface area (Å²) >= 11 is 0. The molecule has 0 spiro atoms. The Hall–Kier alpha value is -1.76. The molecule has 2 aromatic carbocycles. The van der Waals surface area contributed by atoms with Crippen LogP contribution in [0.2, 0.25) is 0 Å². The lowest BCUT2D eigenvalue weighted by atomic mass is 10.1. The molecular weight excluding hydrogens is 196 g/mol.